The fourth-order valence-corrected chi connectivity index (χ4v) is 1.90. The Bertz CT molecular complexity index is 566. The fourth-order valence-electron chi connectivity index (χ4n) is 1.41. The molecule has 0 aromatic heterocycles. The van der Waals surface area contributed by atoms with Gasteiger partial charge in [0.1, 0.15) is 5.82 Å². The Labute approximate surface area is 111 Å². The lowest BCUT2D eigenvalue weighted by Crippen LogP contribution is -2.01. The van der Waals surface area contributed by atoms with Gasteiger partial charge in [-0.3, -0.25) is 4.79 Å². The molecule has 0 fully saturated rings. The van der Waals surface area contributed by atoms with E-state index in [1.54, 1.807) is 18.2 Å². The molecule has 0 saturated carbocycles. The molecule has 0 unspecified atom stereocenters. The molecule has 2 aromatic carbocycles. The number of hydrogen-bond acceptors (Lipinski definition) is 1. The Morgan fingerprint density at radius 2 is 1.65 bits per heavy atom. The van der Waals surface area contributed by atoms with Gasteiger partial charge in [0, 0.05) is 15.6 Å². The highest BCUT2D eigenvalue weighted by Crippen LogP contribution is 2.24. The van der Waals surface area contributed by atoms with Crippen LogP contribution >= 0.6 is 27.5 Å². The molecule has 0 radical (unpaired) electrons. The highest BCUT2D eigenvalue weighted by Gasteiger charge is 2.10. The quantitative estimate of drug-likeness (QED) is 0.748. The van der Waals surface area contributed by atoms with E-state index in [4.69, 9.17) is 11.6 Å². The Morgan fingerprint density at radius 1 is 1.06 bits per heavy atom. The molecule has 86 valence electrons. The van der Waals surface area contributed by atoms with Crippen LogP contribution in [0.15, 0.2) is 46.9 Å². The number of halogens is 3. The van der Waals surface area contributed by atoms with E-state index in [0.29, 0.717) is 20.6 Å². The molecule has 0 atom stereocenters. The average Bonchev–Trinajstić information content (AvgIpc) is 2.33. The molecular formula is C13H7BrClFO. The monoisotopic (exact) mass is 312 g/mol. The maximum absolute atomic E-state index is 12.7. The smallest absolute Gasteiger partial charge is 0.193 e. The van der Waals surface area contributed by atoms with E-state index in [1.807, 2.05) is 0 Å². The Balaban J connectivity index is 2.37. The van der Waals surface area contributed by atoms with E-state index in [0.717, 1.165) is 0 Å². The van der Waals surface area contributed by atoms with Crippen molar-refractivity contribution in [3.63, 3.8) is 0 Å². The van der Waals surface area contributed by atoms with Gasteiger partial charge < -0.3 is 0 Å². The summed E-state index contributed by atoms with van der Waals surface area (Å²) in [5.74, 6) is -0.527. The van der Waals surface area contributed by atoms with E-state index >= 15 is 0 Å². The molecule has 0 N–H and O–H groups in total. The van der Waals surface area contributed by atoms with Gasteiger partial charge in [0.25, 0.3) is 0 Å². The van der Waals surface area contributed by atoms with Crippen LogP contribution in [0.5, 0.6) is 0 Å². The molecule has 2 aromatic rings. The van der Waals surface area contributed by atoms with Crippen molar-refractivity contribution in [2.45, 2.75) is 0 Å². The number of ketones is 1. The molecule has 0 aliphatic rings. The predicted octanol–water partition coefficient (Wildman–Crippen LogP) is 4.47. The van der Waals surface area contributed by atoms with Crippen molar-refractivity contribution in [2.75, 3.05) is 0 Å². The summed E-state index contributed by atoms with van der Waals surface area (Å²) in [5.41, 5.74) is 0.952. The minimum atomic E-state index is -0.362. The summed E-state index contributed by atoms with van der Waals surface area (Å²) < 4.78 is 13.4. The van der Waals surface area contributed by atoms with Gasteiger partial charge >= 0.3 is 0 Å². The Kier molecular flexibility index (Phi) is 3.60. The van der Waals surface area contributed by atoms with Gasteiger partial charge in [0.15, 0.2) is 5.78 Å². The normalized spacial score (nSPS) is 10.3. The number of carbonyl (C=O) groups is 1. The van der Waals surface area contributed by atoms with Crippen LogP contribution in [-0.4, -0.2) is 5.78 Å². The number of rotatable bonds is 2. The third kappa shape index (κ3) is 2.73. The molecule has 0 heterocycles. The zero-order chi connectivity index (χ0) is 12.4. The predicted molar refractivity (Wildman–Crippen MR) is 69.0 cm³/mol. The summed E-state index contributed by atoms with van der Waals surface area (Å²) in [4.78, 5) is 12.0. The summed E-state index contributed by atoms with van der Waals surface area (Å²) in [6, 6.07) is 10.4. The van der Waals surface area contributed by atoms with Crippen molar-refractivity contribution in [2.24, 2.45) is 0 Å². The largest absolute Gasteiger partial charge is 0.289 e. The van der Waals surface area contributed by atoms with Gasteiger partial charge in [-0.15, -0.1) is 0 Å². The molecule has 17 heavy (non-hydrogen) atoms. The van der Waals surface area contributed by atoms with Crippen molar-refractivity contribution in [3.8, 4) is 0 Å². The molecule has 0 aliphatic heterocycles. The second-order valence-electron chi connectivity index (χ2n) is 3.46. The standard InChI is InChI=1S/C13H7BrClFO/c14-11-7-9(3-6-12(11)15)13(17)8-1-4-10(16)5-2-8/h1-7H. The lowest BCUT2D eigenvalue weighted by Gasteiger charge is -2.03. The molecule has 4 heteroatoms. The van der Waals surface area contributed by atoms with Crippen molar-refractivity contribution in [3.05, 3.63) is 68.9 Å². The number of carbonyl (C=O) groups excluding carboxylic acids is 1. The molecular weight excluding hydrogens is 306 g/mol. The first kappa shape index (κ1) is 12.3. The van der Waals surface area contributed by atoms with Gasteiger partial charge in [0.2, 0.25) is 0 Å². The first-order valence-electron chi connectivity index (χ1n) is 4.83. The lowest BCUT2D eigenvalue weighted by atomic mass is 10.0. The maximum atomic E-state index is 12.7. The van der Waals surface area contributed by atoms with Gasteiger partial charge in [-0.25, -0.2) is 4.39 Å². The van der Waals surface area contributed by atoms with Crippen molar-refractivity contribution in [1.82, 2.24) is 0 Å². The third-order valence-corrected chi connectivity index (χ3v) is 3.50. The first-order valence-corrected chi connectivity index (χ1v) is 6.00. The highest BCUT2D eigenvalue weighted by atomic mass is 79.9. The van der Waals surface area contributed by atoms with Gasteiger partial charge in [-0.2, -0.15) is 0 Å². The Morgan fingerprint density at radius 3 is 2.24 bits per heavy atom. The van der Waals surface area contributed by atoms with Crippen LogP contribution in [0.3, 0.4) is 0 Å². The first-order chi connectivity index (χ1) is 8.08. The molecule has 0 spiro atoms. The zero-order valence-corrected chi connectivity index (χ0v) is 10.9. The van der Waals surface area contributed by atoms with E-state index in [1.165, 1.54) is 24.3 Å². The van der Waals surface area contributed by atoms with Crippen LogP contribution in [-0.2, 0) is 0 Å². The van der Waals surface area contributed by atoms with Gasteiger partial charge in [0.05, 0.1) is 5.02 Å². The molecule has 1 nitrogen and oxygen atoms in total. The molecule has 0 bridgehead atoms. The molecule has 0 amide bonds. The van der Waals surface area contributed by atoms with Crippen LogP contribution in [0.25, 0.3) is 0 Å². The highest BCUT2D eigenvalue weighted by molar-refractivity contribution is 9.10. The van der Waals surface area contributed by atoms with Crippen LogP contribution in [0, 0.1) is 5.82 Å². The minimum Gasteiger partial charge on any atom is -0.289 e. The van der Waals surface area contributed by atoms with E-state index in [2.05, 4.69) is 15.9 Å². The molecule has 0 saturated heterocycles. The second kappa shape index (κ2) is 4.98. The second-order valence-corrected chi connectivity index (χ2v) is 4.73. The van der Waals surface area contributed by atoms with E-state index < -0.39 is 0 Å². The SMILES string of the molecule is O=C(c1ccc(F)cc1)c1ccc(Cl)c(Br)c1. The fraction of sp³-hybridized carbons (Fsp3) is 0. The summed E-state index contributed by atoms with van der Waals surface area (Å²) in [5, 5.41) is 0.542. The van der Waals surface area contributed by atoms with E-state index in [-0.39, 0.29) is 11.6 Å². The number of hydrogen-bond donors (Lipinski definition) is 0. The minimum absolute atomic E-state index is 0.164. The topological polar surface area (TPSA) is 17.1 Å². The van der Waals surface area contributed by atoms with E-state index in [9.17, 15) is 9.18 Å². The third-order valence-electron chi connectivity index (χ3n) is 2.29. The Hall–Kier alpha value is -1.19. The van der Waals surface area contributed by atoms with Crippen LogP contribution in [0.1, 0.15) is 15.9 Å². The average molecular weight is 314 g/mol. The summed E-state index contributed by atoms with van der Waals surface area (Å²) >= 11 is 9.10. The maximum Gasteiger partial charge on any atom is 0.193 e. The summed E-state index contributed by atoms with van der Waals surface area (Å²) in [6.07, 6.45) is 0. The zero-order valence-electron chi connectivity index (χ0n) is 8.58. The van der Waals surface area contributed by atoms with Crippen LogP contribution < -0.4 is 0 Å². The van der Waals surface area contributed by atoms with Crippen LogP contribution in [0.4, 0.5) is 4.39 Å². The number of benzene rings is 2. The van der Waals surface area contributed by atoms with Crippen molar-refractivity contribution >= 4 is 33.3 Å². The lowest BCUT2D eigenvalue weighted by molar-refractivity contribution is 0.103. The van der Waals surface area contributed by atoms with Crippen molar-refractivity contribution < 1.29 is 9.18 Å². The van der Waals surface area contributed by atoms with Gasteiger partial charge in [-0.05, 0) is 58.4 Å². The summed E-state index contributed by atoms with van der Waals surface area (Å²) in [7, 11) is 0. The molecule has 0 aliphatic carbocycles. The van der Waals surface area contributed by atoms with Crippen molar-refractivity contribution in [1.29, 1.82) is 0 Å². The van der Waals surface area contributed by atoms with Crippen LogP contribution in [0.2, 0.25) is 5.02 Å². The van der Waals surface area contributed by atoms with Gasteiger partial charge in [-0.1, -0.05) is 11.6 Å². The molecule has 2 rings (SSSR count). The summed E-state index contributed by atoms with van der Waals surface area (Å²) in [6.45, 7) is 0.